The van der Waals surface area contributed by atoms with Crippen LogP contribution >= 0.6 is 0 Å². The number of ether oxygens (including phenoxy) is 10. The van der Waals surface area contributed by atoms with E-state index >= 15 is 0 Å². The average Bonchev–Trinajstić information content (AvgIpc) is 0.764. The zero-order valence-corrected chi connectivity index (χ0v) is 80.5. The van der Waals surface area contributed by atoms with Crippen molar-refractivity contribution in [3.05, 3.63) is 0 Å². The molecule has 19 N–H and O–H groups in total. The monoisotopic (exact) mass is 1740 g/mol. The van der Waals surface area contributed by atoms with Crippen LogP contribution in [0.5, 0.6) is 0 Å². The minimum atomic E-state index is -6.36. The molecule has 101 heavy (non-hydrogen) atoms. The molecule has 0 spiro atoms. The smallest absolute Gasteiger partial charge is 0.397 e. The first-order valence-electron chi connectivity index (χ1n) is 23.5. The third-order valence-electron chi connectivity index (χ3n) is 12.4. The van der Waals surface area contributed by atoms with Crippen LogP contribution in [0.25, 0.3) is 0 Å². The van der Waals surface area contributed by atoms with Gasteiger partial charge in [0.15, 0.2) is 49.8 Å². The van der Waals surface area contributed by atoms with Gasteiger partial charge in [-0.05, 0) is 0 Å². The van der Waals surface area contributed by atoms with Crippen LogP contribution in [0.15, 0.2) is 0 Å². The van der Waals surface area contributed by atoms with Crippen LogP contribution in [-0.2, 0) is 161 Å². The Labute approximate surface area is 793 Å². The van der Waals surface area contributed by atoms with Crippen molar-refractivity contribution in [1.82, 2.24) is 14.2 Å². The third-order valence-corrected chi connectivity index (χ3v) is 16.4. The Hall–Kier alpha value is 7.26. The Bertz CT molecular complexity index is 3530. The van der Waals surface area contributed by atoms with Crippen LogP contribution in [-0.4, -0.2) is 632 Å². The Morgan fingerprint density at radius 1 is 0.327 bits per heavy atom. The van der Waals surface area contributed by atoms with Gasteiger partial charge in [-0.2, -0.15) is 81.5 Å². The van der Waals surface area contributed by atoms with E-state index in [1.54, 1.807) is 0 Å². The number of nitrogens with one attached hydrogen (secondary N) is 3. The van der Waals surface area contributed by atoms with E-state index in [2.05, 4.69) is 20.9 Å². The van der Waals surface area contributed by atoms with Crippen molar-refractivity contribution in [3.63, 3.8) is 0 Å². The predicted molar refractivity (Wildman–Crippen MR) is 319 cm³/mol. The van der Waals surface area contributed by atoms with Crippen molar-refractivity contribution in [2.75, 3.05) is 26.9 Å². The van der Waals surface area contributed by atoms with Gasteiger partial charge in [0.1, 0.15) is 104 Å². The van der Waals surface area contributed by atoms with Gasteiger partial charge in [-0.15, -0.1) is 0 Å². The number of aliphatic hydroxyl groups excluding tert-OH is 6. The summed E-state index contributed by atoms with van der Waals surface area (Å²) in [5.41, 5.74) is 0. The van der Waals surface area contributed by atoms with E-state index in [0.717, 1.165) is 11.8 Å². The summed E-state index contributed by atoms with van der Waals surface area (Å²) in [4.78, 5) is 25.8. The van der Waals surface area contributed by atoms with Gasteiger partial charge in [-0.25, -0.2) is 30.5 Å². The van der Waals surface area contributed by atoms with Crippen molar-refractivity contribution in [3.8, 4) is 0 Å². The van der Waals surface area contributed by atoms with Crippen LogP contribution in [0.3, 0.4) is 0 Å². The number of carbonyl (C=O) groups is 2. The van der Waals surface area contributed by atoms with E-state index in [1.165, 1.54) is 9.44 Å². The molecular weight excluding hydrogens is 1680 g/mol. The van der Waals surface area contributed by atoms with Gasteiger partial charge < -0.3 is 88.2 Å². The molecule has 544 valence electrons. The van der Waals surface area contributed by atoms with Crippen molar-refractivity contribution >= 4 is 390 Å². The number of hydrogen-bond acceptors (Lipinski definition) is 39. The molecule has 10 radical (unpaired) electrons. The predicted octanol–water partition coefficient (Wildman–Crippen LogP) is -17.6. The van der Waals surface area contributed by atoms with Crippen LogP contribution in [0.2, 0.25) is 0 Å². The average molecular weight is 1740 g/mol. The van der Waals surface area contributed by atoms with E-state index < -0.39 is 268 Å². The Kier molecular flexibility index (Phi) is 57.7. The molecule has 0 unspecified atom stereocenters. The number of aliphatic carboxylic acids is 2. The molecule has 0 aromatic carbocycles. The first-order chi connectivity index (χ1) is 41.2. The van der Waals surface area contributed by atoms with Crippen molar-refractivity contribution < 1.29 is 222 Å². The molecule has 5 aliphatic heterocycles. The van der Waals surface area contributed by atoms with Gasteiger partial charge in [-0.3, -0.25) is 36.4 Å². The number of carboxylic acid groups (broad SMARTS) is 2. The quantitative estimate of drug-likeness (QED) is 0.0235. The molecule has 0 bridgehead atoms. The largest absolute Gasteiger partial charge is 0.479 e. The molecule has 5 fully saturated rings. The summed E-state index contributed by atoms with van der Waals surface area (Å²) in [5, 5.41) is 87.8. The Morgan fingerprint density at radius 3 is 1.03 bits per heavy atom. The summed E-state index contributed by atoms with van der Waals surface area (Å²) in [7, 11) is -45.9. The molecule has 5 rings (SSSR count). The topological polar surface area (TPSA) is 805 Å². The van der Waals surface area contributed by atoms with Gasteiger partial charge in [0.2, 0.25) is 0 Å². The molecule has 0 amide bonds. The summed E-state index contributed by atoms with van der Waals surface area (Å²) < 4.78 is 346. The molecule has 5 aliphatic rings. The number of aliphatic hydroxyl groups is 6. The van der Waals surface area contributed by atoms with Gasteiger partial charge in [-0.1, -0.05) is 0 Å². The number of rotatable bonds is 30. The summed E-state index contributed by atoms with van der Waals surface area (Å²) in [6.45, 7) is -5.06. The fraction of sp³-hybridized carbons (Fsp3) is 0.935. The van der Waals surface area contributed by atoms with Gasteiger partial charge >= 0.3 is 94.8 Å². The van der Waals surface area contributed by atoms with Crippen LogP contribution in [0.4, 0.5) is 0 Å². The van der Waals surface area contributed by atoms with Crippen LogP contribution in [0, 0.1) is 0 Å². The van der Waals surface area contributed by atoms with Gasteiger partial charge in [0, 0.05) is 303 Å². The normalized spacial score (nSPS) is 34.8. The van der Waals surface area contributed by atoms with E-state index in [0.29, 0.717) is 0 Å². The fourth-order valence-corrected chi connectivity index (χ4v) is 12.7. The number of hydrogen-bond donors (Lipinski definition) is 19. The second kappa shape index (κ2) is 49.0. The molecule has 70 heteroatoms. The summed E-state index contributed by atoms with van der Waals surface area (Å²) >= 11 is 0. The Balaban J connectivity index is -0.00000226. The summed E-state index contributed by atoms with van der Waals surface area (Å²) in [6.07, 6.45) is -63.6. The molecule has 25 atom stereocenters. The molecule has 0 saturated carbocycles. The zero-order chi connectivity index (χ0) is 69.4. The molecule has 5 heterocycles. The maximum atomic E-state index is 13.0. The molecule has 0 aromatic heterocycles. The maximum absolute atomic E-state index is 13.0. The number of carboxylic acids is 2. The second-order valence-corrected chi connectivity index (χ2v) is 27.6. The third kappa shape index (κ3) is 38.3. The molecule has 5 saturated heterocycles. The van der Waals surface area contributed by atoms with E-state index in [4.69, 9.17) is 51.9 Å². The van der Waals surface area contributed by atoms with Crippen LogP contribution < -0.4 is 14.2 Å². The fourth-order valence-electron chi connectivity index (χ4n) is 8.98. The van der Waals surface area contributed by atoms with Crippen molar-refractivity contribution in [1.29, 1.82) is 0 Å². The zero-order valence-electron chi connectivity index (χ0n) is 53.9. The first kappa shape index (κ1) is 119. The van der Waals surface area contributed by atoms with Crippen molar-refractivity contribution in [2.45, 2.75) is 153 Å². The standard InChI is InChI=1S/C31H53N3O49S8.10Na/c1-69-27-9(33-85(48,49)50)13(37)17(6(74-27)3-71-88(57,58)59)76-31-22(83-91(66,67)68)16(40)21(24(81-31)26(43)44)79-29-10(34-86(51,52)53)19(82-90(63,64)65)18(7(75-29)4-72-89(60,61)62)77-30-15(39)14(38)20(23(80-30)25(41)42)78-28-8(32-84(45,46)47)12(36)11(35)5(73-28)2-70-87(54,55)56;;;;;;;;;;/h5-24,27-40H,2-4H2,1H3,(H,41,42)(H,43,44)(H,45,46,47)(H,48,49,50)(H,51,52,53)(H,54,55,56)(H,57,58,59)(H,60,61,62)(H,63,64,65)(H,66,67,68);;;;;;;;;;/t5-,6-,7-,8-,9-,10-,11-,12-,13-,14-,15-,16+,17-,18-,19-,20+,21+,22-,23+,24-,27+,28-,29-,30-,31-;;;;;;;;;;/m1........../s1. The molecular formula is C31H53N3Na10O49S8. The van der Waals surface area contributed by atoms with Gasteiger partial charge in [0.05, 0.1) is 19.8 Å². The summed E-state index contributed by atoms with van der Waals surface area (Å²) in [6, 6.07) is -8.17. The van der Waals surface area contributed by atoms with Crippen molar-refractivity contribution in [2.24, 2.45) is 0 Å². The molecule has 0 aromatic rings. The van der Waals surface area contributed by atoms with E-state index in [1.807, 2.05) is 0 Å². The van der Waals surface area contributed by atoms with Crippen LogP contribution in [0.1, 0.15) is 0 Å². The maximum Gasteiger partial charge on any atom is 0.397 e. The minimum Gasteiger partial charge on any atom is -0.479 e. The SMILES string of the molecule is CO[C@H]1O[C@H](COS(=O)(=O)O)[C@@H](O[C@@H]2O[C@@H](C(=O)O)[C@@H](O[C@H]3O[C@H](COS(=O)(=O)O)[C@@H](O[C@@H]4O[C@H](C(=O)O)[C@@H](O[C@H]5O[C@H](COS(=O)(=O)O)[C@@H](O)[C@H](O)[C@H]5NS(=O)(=O)O)[C@H](O)[C@H]4O)[C@H](OS(=O)(=O)O)[C@H]3NS(=O)(=O)O)[C@H](O)[C@H]2OS(=O)(=O)O)[C@H](O)[C@H]1NS(=O)(=O)O.[Na].[Na].[Na].[Na].[Na].[Na].[Na].[Na].[Na].[Na]. The van der Waals surface area contributed by atoms with E-state index in [9.17, 15) is 150 Å². The van der Waals surface area contributed by atoms with E-state index in [-0.39, 0.29) is 296 Å². The summed E-state index contributed by atoms with van der Waals surface area (Å²) in [5.74, 6) is -4.91. The first-order valence-corrected chi connectivity index (χ1v) is 34.7. The minimum absolute atomic E-state index is 0. The number of methoxy groups -OCH3 is 1. The Morgan fingerprint density at radius 2 is 0.644 bits per heavy atom. The molecule has 52 nitrogen and oxygen atoms in total. The van der Waals surface area contributed by atoms with Gasteiger partial charge in [0.25, 0.3) is 0 Å². The molecule has 0 aliphatic carbocycles. The second-order valence-electron chi connectivity index (χ2n) is 18.7.